The van der Waals surface area contributed by atoms with Crippen molar-refractivity contribution in [3.05, 3.63) is 16.4 Å². The first kappa shape index (κ1) is 19.0. The molecule has 0 aliphatic rings. The Labute approximate surface area is 137 Å². The molecule has 1 aromatic heterocycles. The normalized spacial score (nSPS) is 13.7. The molecule has 0 spiro atoms. The molecule has 0 aliphatic heterocycles. The molecule has 1 aromatic rings. The number of hydrogen-bond acceptors (Lipinski definition) is 4. The van der Waals surface area contributed by atoms with Crippen molar-refractivity contribution in [2.45, 2.75) is 52.2 Å². The molecule has 126 valence electrons. The molecule has 0 saturated heterocycles. The van der Waals surface area contributed by atoms with Gasteiger partial charge in [0, 0.05) is 7.05 Å². The Morgan fingerprint density at radius 2 is 1.82 bits per heavy atom. The Kier molecular flexibility index (Phi) is 6.03. The van der Waals surface area contributed by atoms with Gasteiger partial charge in [0.15, 0.2) is 0 Å². The summed E-state index contributed by atoms with van der Waals surface area (Å²) in [6, 6.07) is 0. The molecule has 0 unspecified atom stereocenters. The maximum Gasteiger partial charge on any atom is 0.269 e. The number of aromatic nitrogens is 2. The molecule has 0 aromatic carbocycles. The Bertz CT molecular complexity index is 651. The van der Waals surface area contributed by atoms with E-state index in [1.165, 1.54) is 4.68 Å². The van der Waals surface area contributed by atoms with E-state index in [0.717, 1.165) is 0 Å². The Morgan fingerprint density at radius 1 is 1.27 bits per heavy atom. The number of nitrogens with zero attached hydrogens (tertiary/aromatic N) is 2. The summed E-state index contributed by atoms with van der Waals surface area (Å²) in [4.78, 5) is 12.4. The smallest absolute Gasteiger partial charge is 0.268 e. The number of carbonyl (C=O) groups excluding carboxylic acids is 1. The van der Waals surface area contributed by atoms with Crippen LogP contribution in [0.2, 0.25) is 5.15 Å². The van der Waals surface area contributed by atoms with Crippen LogP contribution in [-0.4, -0.2) is 29.4 Å². The number of hydrogen-bond donors (Lipinski definition) is 1. The van der Waals surface area contributed by atoms with Crippen LogP contribution in [0.3, 0.4) is 0 Å². The summed E-state index contributed by atoms with van der Waals surface area (Å²) in [7, 11) is -2.14. The number of carbonyl (C=O) groups is 1. The van der Waals surface area contributed by atoms with E-state index in [-0.39, 0.29) is 22.6 Å². The lowest BCUT2D eigenvalue weighted by molar-refractivity contribution is 0.0980. The summed E-state index contributed by atoms with van der Waals surface area (Å²) in [5.74, 6) is -0.553. The number of halogens is 1. The highest BCUT2D eigenvalue weighted by Crippen LogP contribution is 2.25. The highest BCUT2D eigenvalue weighted by Gasteiger charge is 2.29. The average Bonchev–Trinajstić information content (AvgIpc) is 2.64. The van der Waals surface area contributed by atoms with E-state index in [1.807, 2.05) is 27.7 Å². The molecule has 0 fully saturated rings. The Morgan fingerprint density at radius 3 is 2.27 bits per heavy atom. The minimum absolute atomic E-state index is 0.0461. The molecule has 1 atom stereocenters. The van der Waals surface area contributed by atoms with Gasteiger partial charge >= 0.3 is 0 Å². The second-order valence-corrected chi connectivity index (χ2v) is 8.70. The standard InChI is InChI=1S/C14H24ClN3O3S/c1-8(2)7-10(5)22(20,21)17-14(19)11-12(9(3)4)16-18(6)13(11)15/h8-10H,7H2,1-6H3,(H,17,19)/t10-/m0/s1. The number of sulfonamides is 1. The van der Waals surface area contributed by atoms with Gasteiger partial charge in [-0.3, -0.25) is 9.48 Å². The van der Waals surface area contributed by atoms with Crippen molar-refractivity contribution >= 4 is 27.5 Å². The predicted octanol–water partition coefficient (Wildman–Crippen LogP) is 2.69. The Hall–Kier alpha value is -1.08. The van der Waals surface area contributed by atoms with Crippen molar-refractivity contribution in [2.75, 3.05) is 0 Å². The molecule has 22 heavy (non-hydrogen) atoms. The van der Waals surface area contributed by atoms with Crippen molar-refractivity contribution in [1.29, 1.82) is 0 Å². The second-order valence-electron chi connectivity index (χ2n) is 6.25. The fraction of sp³-hybridized carbons (Fsp3) is 0.714. The van der Waals surface area contributed by atoms with E-state index in [2.05, 4.69) is 9.82 Å². The van der Waals surface area contributed by atoms with E-state index in [9.17, 15) is 13.2 Å². The van der Waals surface area contributed by atoms with Gasteiger partial charge in [-0.1, -0.05) is 39.3 Å². The minimum atomic E-state index is -3.75. The van der Waals surface area contributed by atoms with Gasteiger partial charge in [0.25, 0.3) is 5.91 Å². The van der Waals surface area contributed by atoms with Gasteiger partial charge in [-0.15, -0.1) is 0 Å². The quantitative estimate of drug-likeness (QED) is 0.856. The molecular weight excluding hydrogens is 326 g/mol. The van der Waals surface area contributed by atoms with Crippen molar-refractivity contribution in [1.82, 2.24) is 14.5 Å². The Balaban J connectivity index is 3.08. The van der Waals surface area contributed by atoms with E-state index in [1.54, 1.807) is 14.0 Å². The highest BCUT2D eigenvalue weighted by atomic mass is 35.5. The van der Waals surface area contributed by atoms with Crippen LogP contribution < -0.4 is 4.72 Å². The third-order valence-corrected chi connectivity index (χ3v) is 5.50. The van der Waals surface area contributed by atoms with Crippen LogP contribution in [-0.2, 0) is 17.1 Å². The molecule has 1 N–H and O–H groups in total. The van der Waals surface area contributed by atoms with Crippen LogP contribution in [0.5, 0.6) is 0 Å². The first-order chi connectivity index (χ1) is 9.97. The highest BCUT2D eigenvalue weighted by molar-refractivity contribution is 7.90. The van der Waals surface area contributed by atoms with Crippen LogP contribution >= 0.6 is 11.6 Å². The molecule has 6 nitrogen and oxygen atoms in total. The zero-order chi connectivity index (χ0) is 17.2. The average molecular weight is 350 g/mol. The van der Waals surface area contributed by atoms with Crippen molar-refractivity contribution in [3.8, 4) is 0 Å². The van der Waals surface area contributed by atoms with Gasteiger partial charge in [-0.2, -0.15) is 5.10 Å². The van der Waals surface area contributed by atoms with Crippen LogP contribution in [0.15, 0.2) is 0 Å². The maximum atomic E-state index is 12.4. The number of aryl methyl sites for hydroxylation is 1. The van der Waals surface area contributed by atoms with Crippen molar-refractivity contribution < 1.29 is 13.2 Å². The number of nitrogens with one attached hydrogen (secondary N) is 1. The lowest BCUT2D eigenvalue weighted by Gasteiger charge is -2.16. The molecule has 0 radical (unpaired) electrons. The fourth-order valence-electron chi connectivity index (χ4n) is 2.21. The topological polar surface area (TPSA) is 81.1 Å². The SMILES string of the molecule is CC(C)C[C@H](C)S(=O)(=O)NC(=O)c1c(C(C)C)nn(C)c1Cl. The minimum Gasteiger partial charge on any atom is -0.268 e. The summed E-state index contributed by atoms with van der Waals surface area (Å²) in [6.45, 7) is 9.19. The molecule has 0 bridgehead atoms. The summed E-state index contributed by atoms with van der Waals surface area (Å²) in [5.41, 5.74) is 0.608. The van der Waals surface area contributed by atoms with Crippen molar-refractivity contribution in [3.63, 3.8) is 0 Å². The molecule has 1 amide bonds. The second kappa shape index (κ2) is 7.00. The van der Waals surface area contributed by atoms with Crippen LogP contribution in [0.1, 0.15) is 63.0 Å². The van der Waals surface area contributed by atoms with Gasteiger partial charge in [-0.25, -0.2) is 13.1 Å². The largest absolute Gasteiger partial charge is 0.269 e. The zero-order valence-corrected chi connectivity index (χ0v) is 15.4. The monoisotopic (exact) mass is 349 g/mol. The van der Waals surface area contributed by atoms with Crippen LogP contribution in [0, 0.1) is 5.92 Å². The third kappa shape index (κ3) is 4.23. The first-order valence-corrected chi connectivity index (χ1v) is 9.18. The van der Waals surface area contributed by atoms with Gasteiger partial charge < -0.3 is 0 Å². The first-order valence-electron chi connectivity index (χ1n) is 7.25. The molecular formula is C14H24ClN3O3S. The van der Waals surface area contributed by atoms with Gasteiger partial charge in [0.1, 0.15) is 10.7 Å². The molecule has 1 rings (SSSR count). The van der Waals surface area contributed by atoms with Crippen molar-refractivity contribution in [2.24, 2.45) is 13.0 Å². The van der Waals surface area contributed by atoms with Gasteiger partial charge in [0.05, 0.1) is 10.9 Å². The van der Waals surface area contributed by atoms with Gasteiger partial charge in [0.2, 0.25) is 10.0 Å². The van der Waals surface area contributed by atoms with Crippen LogP contribution in [0.25, 0.3) is 0 Å². The summed E-state index contributed by atoms with van der Waals surface area (Å²) in [6.07, 6.45) is 0.473. The summed E-state index contributed by atoms with van der Waals surface area (Å²) >= 11 is 6.09. The zero-order valence-electron chi connectivity index (χ0n) is 13.8. The molecule has 0 aliphatic carbocycles. The number of amides is 1. The number of rotatable bonds is 6. The van der Waals surface area contributed by atoms with Gasteiger partial charge in [-0.05, 0) is 25.2 Å². The molecule has 8 heteroatoms. The van der Waals surface area contributed by atoms with E-state index in [4.69, 9.17) is 11.6 Å². The predicted molar refractivity (Wildman–Crippen MR) is 87.6 cm³/mol. The summed E-state index contributed by atoms with van der Waals surface area (Å²) < 4.78 is 28.0. The van der Waals surface area contributed by atoms with E-state index >= 15 is 0 Å². The third-order valence-electron chi connectivity index (χ3n) is 3.35. The maximum absolute atomic E-state index is 12.4. The van der Waals surface area contributed by atoms with E-state index < -0.39 is 21.2 Å². The lowest BCUT2D eigenvalue weighted by atomic mass is 10.1. The lowest BCUT2D eigenvalue weighted by Crippen LogP contribution is -2.38. The van der Waals surface area contributed by atoms with Crippen LogP contribution in [0.4, 0.5) is 0 Å². The molecule has 1 heterocycles. The molecule has 0 saturated carbocycles. The fourth-order valence-corrected chi connectivity index (χ4v) is 3.63. The van der Waals surface area contributed by atoms with E-state index in [0.29, 0.717) is 12.1 Å². The summed E-state index contributed by atoms with van der Waals surface area (Å²) in [5, 5.41) is 3.66.